The highest BCUT2D eigenvalue weighted by Crippen LogP contribution is 2.24. The van der Waals surface area contributed by atoms with Crippen LogP contribution < -0.4 is 0 Å². The number of hydrogen-bond donors (Lipinski definition) is 1. The van der Waals surface area contributed by atoms with E-state index in [-0.39, 0.29) is 0 Å². The van der Waals surface area contributed by atoms with Gasteiger partial charge >= 0.3 is 0 Å². The molecule has 0 aliphatic carbocycles. The minimum Gasteiger partial charge on any atom is -0.387 e. The van der Waals surface area contributed by atoms with E-state index >= 15 is 0 Å². The molecule has 3 aromatic carbocycles. The van der Waals surface area contributed by atoms with E-state index in [9.17, 15) is 5.11 Å². The Bertz CT molecular complexity index is 827. The van der Waals surface area contributed by atoms with Gasteiger partial charge in [-0.2, -0.15) is 0 Å². The first kappa shape index (κ1) is 14.4. The van der Waals surface area contributed by atoms with Gasteiger partial charge in [-0.25, -0.2) is 0 Å². The molecular formula is C21H21NO. The van der Waals surface area contributed by atoms with Crippen LogP contribution in [0.5, 0.6) is 0 Å². The van der Waals surface area contributed by atoms with Gasteiger partial charge in [-0.1, -0.05) is 60.7 Å². The Labute approximate surface area is 137 Å². The molecule has 0 spiro atoms. The molecule has 1 N–H and O–H groups in total. The molecule has 116 valence electrons. The van der Waals surface area contributed by atoms with Crippen LogP contribution >= 0.6 is 0 Å². The standard InChI is InChI=1S/C21H21NO/c23-21(19-10-9-16-5-1-3-7-18(16)13-19)15-22-12-11-17-6-2-4-8-20(17)14-22/h1-10,13,21,23H,11-12,14-15H2. The Morgan fingerprint density at radius 1 is 0.870 bits per heavy atom. The third-order valence-electron chi connectivity index (χ3n) is 4.80. The van der Waals surface area contributed by atoms with Gasteiger partial charge in [0.2, 0.25) is 0 Å². The van der Waals surface area contributed by atoms with Crippen molar-refractivity contribution in [1.82, 2.24) is 4.90 Å². The summed E-state index contributed by atoms with van der Waals surface area (Å²) >= 11 is 0. The minimum atomic E-state index is -0.440. The van der Waals surface area contributed by atoms with Crippen LogP contribution in [0.3, 0.4) is 0 Å². The van der Waals surface area contributed by atoms with Gasteiger partial charge in [-0.15, -0.1) is 0 Å². The average Bonchev–Trinajstić information content (AvgIpc) is 2.61. The molecule has 0 saturated heterocycles. The fraction of sp³-hybridized carbons (Fsp3) is 0.238. The van der Waals surface area contributed by atoms with Crippen LogP contribution in [0.4, 0.5) is 0 Å². The molecule has 0 amide bonds. The summed E-state index contributed by atoms with van der Waals surface area (Å²) in [4.78, 5) is 2.35. The summed E-state index contributed by atoms with van der Waals surface area (Å²) in [5.74, 6) is 0. The maximum atomic E-state index is 10.6. The second-order valence-electron chi connectivity index (χ2n) is 6.38. The molecule has 1 aliphatic rings. The first-order valence-electron chi connectivity index (χ1n) is 8.25. The van der Waals surface area contributed by atoms with Gasteiger partial charge in [-0.3, -0.25) is 4.90 Å². The van der Waals surface area contributed by atoms with Crippen molar-refractivity contribution >= 4 is 10.8 Å². The molecule has 0 saturated carbocycles. The normalized spacial score (nSPS) is 16.2. The van der Waals surface area contributed by atoms with Crippen LogP contribution in [0.25, 0.3) is 10.8 Å². The molecule has 1 heterocycles. The van der Waals surface area contributed by atoms with Crippen molar-refractivity contribution in [2.75, 3.05) is 13.1 Å². The summed E-state index contributed by atoms with van der Waals surface area (Å²) in [6.45, 7) is 2.63. The quantitative estimate of drug-likeness (QED) is 0.792. The van der Waals surface area contributed by atoms with Crippen molar-refractivity contribution in [2.45, 2.75) is 19.1 Å². The van der Waals surface area contributed by atoms with Crippen molar-refractivity contribution in [3.63, 3.8) is 0 Å². The van der Waals surface area contributed by atoms with Crippen molar-refractivity contribution in [2.24, 2.45) is 0 Å². The lowest BCUT2D eigenvalue weighted by molar-refractivity contribution is 0.106. The van der Waals surface area contributed by atoms with Crippen molar-refractivity contribution in [1.29, 1.82) is 0 Å². The zero-order chi connectivity index (χ0) is 15.6. The highest BCUT2D eigenvalue weighted by molar-refractivity contribution is 5.83. The van der Waals surface area contributed by atoms with Crippen molar-refractivity contribution < 1.29 is 5.11 Å². The summed E-state index contributed by atoms with van der Waals surface area (Å²) < 4.78 is 0. The molecule has 23 heavy (non-hydrogen) atoms. The maximum absolute atomic E-state index is 10.6. The first-order chi connectivity index (χ1) is 11.3. The fourth-order valence-electron chi connectivity index (χ4n) is 3.48. The predicted octanol–water partition coefficient (Wildman–Crippen LogP) is 3.93. The SMILES string of the molecule is OC(CN1CCc2ccccc2C1)c1ccc2ccccc2c1. The highest BCUT2D eigenvalue weighted by atomic mass is 16.3. The molecular weight excluding hydrogens is 282 g/mol. The number of rotatable bonds is 3. The van der Waals surface area contributed by atoms with Gasteiger partial charge < -0.3 is 5.11 Å². The second kappa shape index (κ2) is 6.15. The third kappa shape index (κ3) is 3.00. The average molecular weight is 303 g/mol. The van der Waals surface area contributed by atoms with Crippen LogP contribution in [0.1, 0.15) is 22.8 Å². The fourth-order valence-corrected chi connectivity index (χ4v) is 3.48. The van der Waals surface area contributed by atoms with Crippen LogP contribution in [0.2, 0.25) is 0 Å². The molecule has 1 aliphatic heterocycles. The first-order valence-corrected chi connectivity index (χ1v) is 8.25. The number of β-amino-alcohol motifs (C(OH)–C–C–N with tert-alkyl or cyclic N) is 1. The molecule has 4 rings (SSSR count). The summed E-state index contributed by atoms with van der Waals surface area (Å²) in [6.07, 6.45) is 0.630. The maximum Gasteiger partial charge on any atom is 0.0917 e. The van der Waals surface area contributed by atoms with Gasteiger partial charge in [-0.05, 0) is 39.9 Å². The smallest absolute Gasteiger partial charge is 0.0917 e. The summed E-state index contributed by atoms with van der Waals surface area (Å²) in [5, 5.41) is 13.0. The number of aliphatic hydroxyl groups excluding tert-OH is 1. The van der Waals surface area contributed by atoms with E-state index in [0.717, 1.165) is 25.1 Å². The van der Waals surface area contributed by atoms with Crippen LogP contribution in [0.15, 0.2) is 66.7 Å². The molecule has 0 radical (unpaired) electrons. The Morgan fingerprint density at radius 3 is 2.48 bits per heavy atom. The molecule has 0 aromatic heterocycles. The lowest BCUT2D eigenvalue weighted by atomic mass is 9.98. The van der Waals surface area contributed by atoms with Crippen molar-refractivity contribution in [3.05, 3.63) is 83.4 Å². The van der Waals surface area contributed by atoms with Gasteiger partial charge in [0, 0.05) is 19.6 Å². The van der Waals surface area contributed by atoms with Gasteiger partial charge in [0.25, 0.3) is 0 Å². The van der Waals surface area contributed by atoms with E-state index in [1.807, 2.05) is 18.2 Å². The Balaban J connectivity index is 1.50. The molecule has 0 fully saturated rings. The summed E-state index contributed by atoms with van der Waals surface area (Å²) in [6, 6.07) is 23.2. The van der Waals surface area contributed by atoms with E-state index in [0.29, 0.717) is 6.54 Å². The van der Waals surface area contributed by atoms with E-state index in [2.05, 4.69) is 53.4 Å². The van der Waals surface area contributed by atoms with E-state index in [1.54, 1.807) is 0 Å². The number of fused-ring (bicyclic) bond motifs is 2. The summed E-state index contributed by atoms with van der Waals surface area (Å²) in [7, 11) is 0. The second-order valence-corrected chi connectivity index (χ2v) is 6.38. The van der Waals surface area contributed by atoms with E-state index < -0.39 is 6.10 Å². The molecule has 3 aromatic rings. The Morgan fingerprint density at radius 2 is 1.61 bits per heavy atom. The van der Waals surface area contributed by atoms with Gasteiger partial charge in [0.05, 0.1) is 6.10 Å². The number of benzene rings is 3. The monoisotopic (exact) mass is 303 g/mol. The third-order valence-corrected chi connectivity index (χ3v) is 4.80. The predicted molar refractivity (Wildman–Crippen MR) is 94.3 cm³/mol. The molecule has 2 heteroatoms. The van der Waals surface area contributed by atoms with Crippen LogP contribution in [-0.4, -0.2) is 23.1 Å². The molecule has 2 nitrogen and oxygen atoms in total. The Hall–Kier alpha value is -2.16. The number of aliphatic hydroxyl groups is 1. The van der Waals surface area contributed by atoms with Crippen molar-refractivity contribution in [3.8, 4) is 0 Å². The number of nitrogens with zero attached hydrogens (tertiary/aromatic N) is 1. The summed E-state index contributed by atoms with van der Waals surface area (Å²) in [5.41, 5.74) is 3.84. The van der Waals surface area contributed by atoms with Crippen LogP contribution in [0, 0.1) is 0 Å². The molecule has 0 bridgehead atoms. The highest BCUT2D eigenvalue weighted by Gasteiger charge is 2.19. The lowest BCUT2D eigenvalue weighted by Crippen LogP contribution is -2.33. The zero-order valence-electron chi connectivity index (χ0n) is 13.2. The van der Waals surface area contributed by atoms with Crippen LogP contribution in [-0.2, 0) is 13.0 Å². The van der Waals surface area contributed by atoms with E-state index in [1.165, 1.54) is 21.9 Å². The molecule has 1 atom stereocenters. The van der Waals surface area contributed by atoms with E-state index in [4.69, 9.17) is 0 Å². The minimum absolute atomic E-state index is 0.440. The Kier molecular flexibility index (Phi) is 3.86. The lowest BCUT2D eigenvalue weighted by Gasteiger charge is -2.30. The van der Waals surface area contributed by atoms with Gasteiger partial charge in [0.15, 0.2) is 0 Å². The topological polar surface area (TPSA) is 23.5 Å². The number of hydrogen-bond acceptors (Lipinski definition) is 2. The largest absolute Gasteiger partial charge is 0.387 e. The van der Waals surface area contributed by atoms with Gasteiger partial charge in [0.1, 0.15) is 0 Å². The zero-order valence-corrected chi connectivity index (χ0v) is 13.2. The molecule has 1 unspecified atom stereocenters.